The van der Waals surface area contributed by atoms with E-state index in [1.807, 2.05) is 30.3 Å². The van der Waals surface area contributed by atoms with Gasteiger partial charge in [0.25, 0.3) is 0 Å². The molecule has 8 aromatic carbocycles. The Labute approximate surface area is 330 Å². The lowest BCUT2D eigenvalue weighted by atomic mass is 10.0. The van der Waals surface area contributed by atoms with E-state index in [1.165, 1.54) is 42.0 Å². The van der Waals surface area contributed by atoms with Crippen LogP contribution >= 0.6 is 11.3 Å². The van der Waals surface area contributed by atoms with Crippen LogP contribution in [0.25, 0.3) is 115 Å². The molecule has 0 aliphatic carbocycles. The van der Waals surface area contributed by atoms with Crippen LogP contribution in [0.15, 0.2) is 186 Å². The lowest BCUT2D eigenvalue weighted by Gasteiger charge is -2.08. The minimum atomic E-state index is 0.598. The van der Waals surface area contributed by atoms with Crippen molar-refractivity contribution in [3.8, 4) is 51.0 Å². The van der Waals surface area contributed by atoms with Crippen molar-refractivity contribution in [2.45, 2.75) is 0 Å². The molecule has 266 valence electrons. The highest BCUT2D eigenvalue weighted by Gasteiger charge is 2.17. The molecular formula is C51H30N4OS. The van der Waals surface area contributed by atoms with Gasteiger partial charge in [-0.05, 0) is 77.9 Å². The summed E-state index contributed by atoms with van der Waals surface area (Å²) in [5, 5.41) is 7.08. The molecule has 0 saturated carbocycles. The number of rotatable bonds is 5. The fourth-order valence-electron chi connectivity index (χ4n) is 8.32. The molecule has 0 aliphatic rings. The molecule has 0 fully saturated rings. The predicted molar refractivity (Wildman–Crippen MR) is 236 cm³/mol. The van der Waals surface area contributed by atoms with E-state index < -0.39 is 0 Å². The molecular weight excluding hydrogens is 717 g/mol. The molecule has 0 atom stereocenters. The summed E-state index contributed by atoms with van der Waals surface area (Å²) >= 11 is 1.79. The molecule has 57 heavy (non-hydrogen) atoms. The number of furan rings is 1. The molecule has 4 heterocycles. The molecule has 12 rings (SSSR count). The zero-order valence-electron chi connectivity index (χ0n) is 30.4. The van der Waals surface area contributed by atoms with Gasteiger partial charge in [-0.3, -0.25) is 0 Å². The number of hydrogen-bond donors (Lipinski definition) is 0. The van der Waals surface area contributed by atoms with E-state index in [0.29, 0.717) is 17.5 Å². The van der Waals surface area contributed by atoms with Gasteiger partial charge in [0.05, 0.1) is 11.0 Å². The average Bonchev–Trinajstić information content (AvgIpc) is 3.95. The number of benzene rings is 8. The molecule has 12 aromatic rings. The molecule has 4 aromatic heterocycles. The summed E-state index contributed by atoms with van der Waals surface area (Å²) in [4.78, 5) is 15.1. The van der Waals surface area contributed by atoms with Crippen LogP contribution in [0.1, 0.15) is 0 Å². The van der Waals surface area contributed by atoms with E-state index in [1.54, 1.807) is 11.3 Å². The molecule has 0 spiro atoms. The van der Waals surface area contributed by atoms with Gasteiger partial charge in [0.1, 0.15) is 11.2 Å². The van der Waals surface area contributed by atoms with Crippen LogP contribution in [0.2, 0.25) is 0 Å². The average molecular weight is 747 g/mol. The smallest absolute Gasteiger partial charge is 0.164 e. The Morgan fingerprint density at radius 1 is 0.351 bits per heavy atom. The largest absolute Gasteiger partial charge is 0.456 e. The van der Waals surface area contributed by atoms with E-state index >= 15 is 0 Å². The van der Waals surface area contributed by atoms with Gasteiger partial charge in [-0.15, -0.1) is 11.3 Å². The fourth-order valence-corrected chi connectivity index (χ4v) is 9.46. The van der Waals surface area contributed by atoms with Gasteiger partial charge < -0.3 is 8.98 Å². The van der Waals surface area contributed by atoms with Crippen LogP contribution in [0.4, 0.5) is 0 Å². The second-order valence-corrected chi connectivity index (χ2v) is 15.5. The summed E-state index contributed by atoms with van der Waals surface area (Å²) in [6.07, 6.45) is 0. The molecule has 0 bridgehead atoms. The fraction of sp³-hybridized carbons (Fsp3) is 0. The number of thiophene rings is 1. The van der Waals surface area contributed by atoms with Crippen molar-refractivity contribution in [2.75, 3.05) is 0 Å². The molecule has 0 radical (unpaired) electrons. The number of fused-ring (bicyclic) bond motifs is 9. The van der Waals surface area contributed by atoms with Crippen molar-refractivity contribution >= 4 is 75.3 Å². The Hall–Kier alpha value is -7.41. The van der Waals surface area contributed by atoms with Crippen molar-refractivity contribution in [2.24, 2.45) is 0 Å². The zero-order valence-corrected chi connectivity index (χ0v) is 31.2. The maximum absolute atomic E-state index is 6.63. The van der Waals surface area contributed by atoms with Gasteiger partial charge in [-0.1, -0.05) is 115 Å². The van der Waals surface area contributed by atoms with Crippen molar-refractivity contribution in [1.82, 2.24) is 19.5 Å². The second kappa shape index (κ2) is 12.6. The Morgan fingerprint density at radius 2 is 0.877 bits per heavy atom. The highest BCUT2D eigenvalue weighted by atomic mass is 32.1. The third kappa shape index (κ3) is 5.19. The first-order valence-corrected chi connectivity index (χ1v) is 19.8. The summed E-state index contributed by atoms with van der Waals surface area (Å²) in [6, 6.07) is 63.9. The number of aromatic nitrogens is 4. The van der Waals surface area contributed by atoms with Crippen LogP contribution < -0.4 is 0 Å². The monoisotopic (exact) mass is 746 g/mol. The highest BCUT2D eigenvalue weighted by Crippen LogP contribution is 2.39. The van der Waals surface area contributed by atoms with Gasteiger partial charge in [0.15, 0.2) is 17.5 Å². The maximum Gasteiger partial charge on any atom is 0.164 e. The first kappa shape index (κ1) is 31.9. The number of hydrogen-bond acceptors (Lipinski definition) is 5. The maximum atomic E-state index is 6.63. The topological polar surface area (TPSA) is 56.7 Å². The SMILES string of the molecule is c1ccc(-c2nc(-c3ccc4c(c3)oc3cc(-c5ccc6c(c5)c5ccccc5n6-c5ccccc5)ccc34)nc(-c3ccc4c(c3)sc3ccccc34)n2)cc1. The normalized spacial score (nSPS) is 11.9. The Morgan fingerprint density at radius 3 is 1.65 bits per heavy atom. The zero-order chi connectivity index (χ0) is 37.5. The third-order valence-electron chi connectivity index (χ3n) is 11.1. The van der Waals surface area contributed by atoms with Crippen molar-refractivity contribution in [1.29, 1.82) is 0 Å². The number of para-hydroxylation sites is 2. The van der Waals surface area contributed by atoms with Gasteiger partial charge in [-0.2, -0.15) is 0 Å². The van der Waals surface area contributed by atoms with Crippen LogP contribution in [-0.4, -0.2) is 19.5 Å². The van der Waals surface area contributed by atoms with Crippen molar-refractivity contribution < 1.29 is 4.42 Å². The second-order valence-electron chi connectivity index (χ2n) is 14.4. The van der Waals surface area contributed by atoms with Gasteiger partial charge in [0.2, 0.25) is 0 Å². The van der Waals surface area contributed by atoms with E-state index in [0.717, 1.165) is 55.4 Å². The van der Waals surface area contributed by atoms with Gasteiger partial charge in [0, 0.05) is 64.1 Å². The minimum Gasteiger partial charge on any atom is -0.456 e. The van der Waals surface area contributed by atoms with Crippen LogP contribution in [-0.2, 0) is 0 Å². The summed E-state index contributed by atoms with van der Waals surface area (Å²) in [7, 11) is 0. The van der Waals surface area contributed by atoms with Crippen molar-refractivity contribution in [3.05, 3.63) is 182 Å². The van der Waals surface area contributed by atoms with Crippen LogP contribution in [0.3, 0.4) is 0 Å². The van der Waals surface area contributed by atoms with E-state index in [2.05, 4.69) is 156 Å². The highest BCUT2D eigenvalue weighted by molar-refractivity contribution is 7.25. The van der Waals surface area contributed by atoms with E-state index in [9.17, 15) is 0 Å². The molecule has 0 N–H and O–H groups in total. The minimum absolute atomic E-state index is 0.598. The summed E-state index contributed by atoms with van der Waals surface area (Å²) < 4.78 is 11.4. The first-order chi connectivity index (χ1) is 28.2. The molecule has 6 heteroatoms. The molecule has 0 unspecified atom stereocenters. The summed E-state index contributed by atoms with van der Waals surface area (Å²) in [6.45, 7) is 0. The van der Waals surface area contributed by atoms with Gasteiger partial charge >= 0.3 is 0 Å². The molecule has 0 saturated heterocycles. The van der Waals surface area contributed by atoms with E-state index in [4.69, 9.17) is 19.4 Å². The Bertz CT molecular complexity index is 3530. The lowest BCUT2D eigenvalue weighted by molar-refractivity contribution is 0.669. The quantitative estimate of drug-likeness (QED) is 0.176. The molecule has 0 amide bonds. The van der Waals surface area contributed by atoms with Gasteiger partial charge in [-0.25, -0.2) is 15.0 Å². The van der Waals surface area contributed by atoms with E-state index in [-0.39, 0.29) is 0 Å². The van der Waals surface area contributed by atoms with Crippen LogP contribution in [0, 0.1) is 0 Å². The number of nitrogens with zero attached hydrogens (tertiary/aromatic N) is 4. The summed E-state index contributed by atoms with van der Waals surface area (Å²) in [5.41, 5.74) is 10.1. The third-order valence-corrected chi connectivity index (χ3v) is 12.2. The standard InChI is InChI=1S/C51H30N4OS/c1-3-11-31(12-4-1)49-52-50(54-51(53-49)35-21-25-41-40-16-8-10-18-47(40)57-48(41)30-35)34-20-24-39-38-23-19-33(28-45(38)56-46(39)29-34)32-22-26-44-42(27-32)37-15-7-9-17-43(37)55(44)36-13-5-2-6-14-36/h1-30H. The predicted octanol–water partition coefficient (Wildman–Crippen LogP) is 13.9. The molecule has 5 nitrogen and oxygen atoms in total. The Kier molecular flexibility index (Phi) is 7.03. The van der Waals surface area contributed by atoms with Crippen molar-refractivity contribution in [3.63, 3.8) is 0 Å². The van der Waals surface area contributed by atoms with Crippen LogP contribution in [0.5, 0.6) is 0 Å². The molecule has 0 aliphatic heterocycles. The summed E-state index contributed by atoms with van der Waals surface area (Å²) in [5.74, 6) is 1.86. The first-order valence-electron chi connectivity index (χ1n) is 19.0. The Balaban J connectivity index is 0.956. The lowest BCUT2D eigenvalue weighted by Crippen LogP contribution is -2.00.